The Bertz CT molecular complexity index is 608. The van der Waals surface area contributed by atoms with Crippen LogP contribution < -0.4 is 5.32 Å². The summed E-state index contributed by atoms with van der Waals surface area (Å²) in [7, 11) is 0. The van der Waals surface area contributed by atoms with Crippen molar-refractivity contribution in [2.24, 2.45) is 5.92 Å². The second-order valence-corrected chi connectivity index (χ2v) is 7.49. The van der Waals surface area contributed by atoms with E-state index in [0.717, 1.165) is 31.2 Å². The van der Waals surface area contributed by atoms with Crippen LogP contribution in [0.5, 0.6) is 0 Å². The van der Waals surface area contributed by atoms with Crippen molar-refractivity contribution in [1.82, 2.24) is 5.32 Å². The SMILES string of the molecule is CCCC(O)[C@]1(NC(=O)O)CC2CC[C@@]1(c1ccccc1Cl)C2. The van der Waals surface area contributed by atoms with Crippen LogP contribution in [0.3, 0.4) is 0 Å². The van der Waals surface area contributed by atoms with Crippen LogP contribution >= 0.6 is 11.6 Å². The van der Waals surface area contributed by atoms with E-state index in [0.29, 0.717) is 23.8 Å². The molecule has 4 nitrogen and oxygen atoms in total. The number of aliphatic hydroxyl groups is 1. The summed E-state index contributed by atoms with van der Waals surface area (Å²) in [6.07, 6.45) is 3.12. The molecule has 1 amide bonds. The van der Waals surface area contributed by atoms with Gasteiger partial charge in [-0.15, -0.1) is 0 Å². The molecule has 1 aromatic carbocycles. The molecule has 2 fully saturated rings. The van der Waals surface area contributed by atoms with Crippen molar-refractivity contribution in [2.75, 3.05) is 0 Å². The average Bonchev–Trinajstić information content (AvgIpc) is 3.04. The number of hydrogen-bond acceptors (Lipinski definition) is 2. The highest BCUT2D eigenvalue weighted by molar-refractivity contribution is 6.31. The number of amides is 1. The fraction of sp³-hybridized carbons (Fsp3) is 0.611. The van der Waals surface area contributed by atoms with Crippen LogP contribution in [0.15, 0.2) is 24.3 Å². The highest BCUT2D eigenvalue weighted by Gasteiger charge is 2.66. The van der Waals surface area contributed by atoms with Gasteiger partial charge in [-0.1, -0.05) is 43.1 Å². The quantitative estimate of drug-likeness (QED) is 0.762. The van der Waals surface area contributed by atoms with Crippen LogP contribution in [0.1, 0.15) is 51.0 Å². The van der Waals surface area contributed by atoms with Gasteiger partial charge in [0, 0.05) is 10.4 Å². The summed E-state index contributed by atoms with van der Waals surface area (Å²) in [6.45, 7) is 2.01. The number of nitrogens with one attached hydrogen (secondary N) is 1. The van der Waals surface area contributed by atoms with Crippen LogP contribution in [-0.4, -0.2) is 27.9 Å². The number of fused-ring (bicyclic) bond motifs is 2. The fourth-order valence-electron chi connectivity index (χ4n) is 5.13. The third-order valence-electron chi connectivity index (χ3n) is 5.93. The molecular formula is C18H24ClNO3. The molecule has 5 heteroatoms. The number of hydrogen-bond donors (Lipinski definition) is 3. The Kier molecular flexibility index (Phi) is 4.32. The van der Waals surface area contributed by atoms with Gasteiger partial charge < -0.3 is 15.5 Å². The highest BCUT2D eigenvalue weighted by atomic mass is 35.5. The van der Waals surface area contributed by atoms with Crippen molar-refractivity contribution < 1.29 is 15.0 Å². The standard InChI is InChI=1S/C18H24ClNO3/c1-2-5-15(21)18(20-16(22)23)11-12-8-9-17(18,10-12)13-6-3-4-7-14(13)19/h3-4,6-7,12,15,20-21H,2,5,8-11H2,1H3,(H,22,23)/t12?,15?,17-,18+/m0/s1. The first-order chi connectivity index (χ1) is 10.9. The molecule has 0 heterocycles. The largest absolute Gasteiger partial charge is 0.465 e. The summed E-state index contributed by atoms with van der Waals surface area (Å²) in [5, 5.41) is 23.8. The molecule has 1 aromatic rings. The van der Waals surface area contributed by atoms with E-state index in [1.165, 1.54) is 0 Å². The molecular weight excluding hydrogens is 314 g/mol. The second-order valence-electron chi connectivity index (χ2n) is 7.08. The number of aliphatic hydroxyl groups excluding tert-OH is 1. The molecule has 0 saturated heterocycles. The summed E-state index contributed by atoms with van der Waals surface area (Å²) >= 11 is 6.48. The zero-order valence-corrected chi connectivity index (χ0v) is 14.1. The van der Waals surface area contributed by atoms with Gasteiger partial charge in [-0.3, -0.25) is 0 Å². The van der Waals surface area contributed by atoms with Gasteiger partial charge in [-0.2, -0.15) is 0 Å². The van der Waals surface area contributed by atoms with Crippen LogP contribution in [0.2, 0.25) is 5.02 Å². The number of benzene rings is 1. The molecule has 2 bridgehead atoms. The van der Waals surface area contributed by atoms with Crippen LogP contribution in [-0.2, 0) is 5.41 Å². The first kappa shape index (κ1) is 16.6. The number of carbonyl (C=O) groups is 1. The van der Waals surface area contributed by atoms with Crippen molar-refractivity contribution in [2.45, 2.75) is 62.5 Å². The molecule has 3 rings (SSSR count). The molecule has 2 saturated carbocycles. The molecule has 23 heavy (non-hydrogen) atoms. The zero-order valence-electron chi connectivity index (χ0n) is 13.4. The summed E-state index contributed by atoms with van der Waals surface area (Å²) < 4.78 is 0. The summed E-state index contributed by atoms with van der Waals surface area (Å²) in [6, 6.07) is 7.68. The molecule has 0 aromatic heterocycles. The Labute approximate surface area is 141 Å². The van der Waals surface area contributed by atoms with Crippen molar-refractivity contribution >= 4 is 17.7 Å². The van der Waals surface area contributed by atoms with Gasteiger partial charge in [-0.05, 0) is 49.7 Å². The Balaban J connectivity index is 2.14. The predicted octanol–water partition coefficient (Wildman–Crippen LogP) is 3.95. The second kappa shape index (κ2) is 5.99. The van der Waals surface area contributed by atoms with E-state index in [2.05, 4.69) is 5.32 Å². The van der Waals surface area contributed by atoms with Gasteiger partial charge in [-0.25, -0.2) is 4.79 Å². The van der Waals surface area contributed by atoms with E-state index in [4.69, 9.17) is 11.6 Å². The minimum absolute atomic E-state index is 0.414. The minimum Gasteiger partial charge on any atom is -0.465 e. The molecule has 0 spiro atoms. The Morgan fingerprint density at radius 1 is 1.43 bits per heavy atom. The lowest BCUT2D eigenvalue weighted by atomic mass is 9.61. The third-order valence-corrected chi connectivity index (χ3v) is 6.26. The lowest BCUT2D eigenvalue weighted by Gasteiger charge is -2.50. The van der Waals surface area contributed by atoms with Crippen molar-refractivity contribution in [3.8, 4) is 0 Å². The summed E-state index contributed by atoms with van der Waals surface area (Å²) in [5.74, 6) is 0.435. The maximum Gasteiger partial charge on any atom is 0.405 e. The molecule has 2 aliphatic carbocycles. The number of carboxylic acid groups (broad SMARTS) is 1. The zero-order chi connectivity index (χ0) is 16.7. The number of rotatable bonds is 5. The van der Waals surface area contributed by atoms with Gasteiger partial charge in [0.25, 0.3) is 0 Å². The van der Waals surface area contributed by atoms with Crippen molar-refractivity contribution in [3.05, 3.63) is 34.9 Å². The summed E-state index contributed by atoms with van der Waals surface area (Å²) in [5.41, 5.74) is -0.281. The molecule has 4 atom stereocenters. The van der Waals surface area contributed by atoms with Crippen LogP contribution in [0.25, 0.3) is 0 Å². The Hall–Kier alpha value is -1.26. The van der Waals surface area contributed by atoms with Gasteiger partial charge in [0.2, 0.25) is 0 Å². The maximum absolute atomic E-state index is 11.5. The summed E-state index contributed by atoms with van der Waals surface area (Å²) in [4.78, 5) is 11.5. The van der Waals surface area contributed by atoms with E-state index < -0.39 is 23.2 Å². The van der Waals surface area contributed by atoms with Crippen LogP contribution in [0, 0.1) is 5.92 Å². The monoisotopic (exact) mass is 337 g/mol. The van der Waals surface area contributed by atoms with E-state index in [1.54, 1.807) is 0 Å². The van der Waals surface area contributed by atoms with Gasteiger partial charge >= 0.3 is 6.09 Å². The van der Waals surface area contributed by atoms with Crippen LogP contribution in [0.4, 0.5) is 4.79 Å². The first-order valence-corrected chi connectivity index (χ1v) is 8.77. The van der Waals surface area contributed by atoms with Gasteiger partial charge in [0.05, 0.1) is 11.6 Å². The van der Waals surface area contributed by atoms with Gasteiger partial charge in [0.15, 0.2) is 0 Å². The van der Waals surface area contributed by atoms with Crippen molar-refractivity contribution in [1.29, 1.82) is 0 Å². The Morgan fingerprint density at radius 2 is 2.17 bits per heavy atom. The lowest BCUT2D eigenvalue weighted by Crippen LogP contribution is -2.66. The molecule has 126 valence electrons. The van der Waals surface area contributed by atoms with E-state index in [-0.39, 0.29) is 0 Å². The first-order valence-electron chi connectivity index (χ1n) is 8.39. The molecule has 3 N–H and O–H groups in total. The van der Waals surface area contributed by atoms with E-state index >= 15 is 0 Å². The predicted molar refractivity (Wildman–Crippen MR) is 89.9 cm³/mol. The maximum atomic E-state index is 11.5. The van der Waals surface area contributed by atoms with E-state index in [9.17, 15) is 15.0 Å². The highest BCUT2D eigenvalue weighted by Crippen LogP contribution is 2.63. The minimum atomic E-state index is -1.07. The van der Waals surface area contributed by atoms with Crippen molar-refractivity contribution in [3.63, 3.8) is 0 Å². The molecule has 0 radical (unpaired) electrons. The molecule has 2 aliphatic rings. The Morgan fingerprint density at radius 3 is 2.78 bits per heavy atom. The lowest BCUT2D eigenvalue weighted by molar-refractivity contribution is 0.00308. The van der Waals surface area contributed by atoms with E-state index in [1.807, 2.05) is 31.2 Å². The normalized spacial score (nSPS) is 33.6. The number of halogens is 1. The molecule has 0 aliphatic heterocycles. The average molecular weight is 338 g/mol. The fourth-order valence-corrected chi connectivity index (χ4v) is 5.45. The van der Waals surface area contributed by atoms with Gasteiger partial charge in [0.1, 0.15) is 0 Å². The smallest absolute Gasteiger partial charge is 0.405 e. The third kappa shape index (κ3) is 2.43. The topological polar surface area (TPSA) is 69.6 Å². The molecule has 2 unspecified atom stereocenters.